The summed E-state index contributed by atoms with van der Waals surface area (Å²) in [5.41, 5.74) is 0.562. The van der Waals surface area contributed by atoms with E-state index >= 15 is 0 Å². The molecule has 0 unspecified atom stereocenters. The fraction of sp³-hybridized carbons (Fsp3) is 0.643. The Bertz CT molecular complexity index is 554. The van der Waals surface area contributed by atoms with Gasteiger partial charge in [-0.05, 0) is 38.8 Å². The highest BCUT2D eigenvalue weighted by Crippen LogP contribution is 2.25. The molecular formula is C14H23N3O3S. The molecule has 0 amide bonds. The van der Waals surface area contributed by atoms with Crippen molar-refractivity contribution in [2.45, 2.75) is 37.8 Å². The van der Waals surface area contributed by atoms with Gasteiger partial charge in [0.05, 0.1) is 11.8 Å². The van der Waals surface area contributed by atoms with Crippen LogP contribution >= 0.6 is 0 Å². The summed E-state index contributed by atoms with van der Waals surface area (Å²) in [4.78, 5) is 4.08. The van der Waals surface area contributed by atoms with Crippen molar-refractivity contribution < 1.29 is 13.2 Å². The van der Waals surface area contributed by atoms with Crippen molar-refractivity contribution in [3.05, 3.63) is 18.3 Å². The van der Waals surface area contributed by atoms with Crippen molar-refractivity contribution in [3.8, 4) is 0 Å². The summed E-state index contributed by atoms with van der Waals surface area (Å²) in [6.45, 7) is 6.17. The highest BCUT2D eigenvalue weighted by atomic mass is 32.2. The lowest BCUT2D eigenvalue weighted by atomic mass is 10.1. The van der Waals surface area contributed by atoms with Gasteiger partial charge in [0, 0.05) is 32.4 Å². The number of ether oxygens (including phenoxy) is 1. The van der Waals surface area contributed by atoms with Gasteiger partial charge in [-0.15, -0.1) is 0 Å². The van der Waals surface area contributed by atoms with Gasteiger partial charge in [-0.25, -0.2) is 13.4 Å². The van der Waals surface area contributed by atoms with Crippen LogP contribution in [0.3, 0.4) is 0 Å². The molecule has 0 spiro atoms. The van der Waals surface area contributed by atoms with E-state index < -0.39 is 10.0 Å². The van der Waals surface area contributed by atoms with Crippen molar-refractivity contribution in [1.82, 2.24) is 9.29 Å². The SMILES string of the molecule is CCNc1cccnc1S(=O)(=O)N1CCC(OCC)CC1. The normalized spacial score (nSPS) is 17.8. The summed E-state index contributed by atoms with van der Waals surface area (Å²) < 4.78 is 32.5. The van der Waals surface area contributed by atoms with Gasteiger partial charge in [-0.3, -0.25) is 0 Å². The molecule has 1 saturated heterocycles. The van der Waals surface area contributed by atoms with Gasteiger partial charge in [-0.1, -0.05) is 0 Å². The Morgan fingerprint density at radius 3 is 2.71 bits per heavy atom. The molecule has 0 aliphatic carbocycles. The minimum Gasteiger partial charge on any atom is -0.383 e. The molecule has 1 aliphatic heterocycles. The van der Waals surface area contributed by atoms with E-state index in [1.807, 2.05) is 13.8 Å². The average molecular weight is 313 g/mol. The fourth-order valence-electron chi connectivity index (χ4n) is 2.52. The predicted octanol–water partition coefficient (Wildman–Crippen LogP) is 1.70. The summed E-state index contributed by atoms with van der Waals surface area (Å²) in [6.07, 6.45) is 3.14. The number of hydrogen-bond acceptors (Lipinski definition) is 5. The van der Waals surface area contributed by atoms with Gasteiger partial charge in [0.25, 0.3) is 10.0 Å². The second kappa shape index (κ2) is 7.20. The predicted molar refractivity (Wildman–Crippen MR) is 81.8 cm³/mol. The van der Waals surface area contributed by atoms with E-state index in [0.29, 0.717) is 31.9 Å². The molecule has 1 aromatic rings. The monoisotopic (exact) mass is 313 g/mol. The maximum atomic E-state index is 12.7. The largest absolute Gasteiger partial charge is 0.383 e. The number of aromatic nitrogens is 1. The summed E-state index contributed by atoms with van der Waals surface area (Å²) in [6, 6.07) is 3.48. The second-order valence-corrected chi connectivity index (χ2v) is 6.80. The van der Waals surface area contributed by atoms with E-state index in [1.165, 1.54) is 10.5 Å². The minimum atomic E-state index is -3.55. The molecular weight excluding hydrogens is 290 g/mol. The number of rotatable bonds is 6. The fourth-order valence-corrected chi connectivity index (χ4v) is 4.07. The van der Waals surface area contributed by atoms with Crippen molar-refractivity contribution in [1.29, 1.82) is 0 Å². The smallest absolute Gasteiger partial charge is 0.262 e. The number of nitrogens with zero attached hydrogens (tertiary/aromatic N) is 2. The van der Waals surface area contributed by atoms with Gasteiger partial charge in [-0.2, -0.15) is 4.31 Å². The van der Waals surface area contributed by atoms with Gasteiger partial charge in [0.1, 0.15) is 0 Å². The molecule has 1 fully saturated rings. The third-order valence-electron chi connectivity index (χ3n) is 3.53. The second-order valence-electron chi connectivity index (χ2n) is 4.95. The number of anilines is 1. The quantitative estimate of drug-likeness (QED) is 0.865. The van der Waals surface area contributed by atoms with Crippen LogP contribution in [0.2, 0.25) is 0 Å². The van der Waals surface area contributed by atoms with Crippen LogP contribution in [-0.2, 0) is 14.8 Å². The van der Waals surface area contributed by atoms with Gasteiger partial charge in [0.15, 0.2) is 5.03 Å². The molecule has 1 N–H and O–H groups in total. The maximum Gasteiger partial charge on any atom is 0.262 e. The Morgan fingerprint density at radius 1 is 1.38 bits per heavy atom. The highest BCUT2D eigenvalue weighted by Gasteiger charge is 2.32. The number of nitrogens with one attached hydrogen (secondary N) is 1. The molecule has 6 nitrogen and oxygen atoms in total. The van der Waals surface area contributed by atoms with Gasteiger partial charge >= 0.3 is 0 Å². The van der Waals surface area contributed by atoms with Crippen molar-refractivity contribution in [2.75, 3.05) is 31.6 Å². The molecule has 0 bridgehead atoms. The number of pyridine rings is 1. The topological polar surface area (TPSA) is 71.5 Å². The van der Waals surface area contributed by atoms with Crippen LogP contribution in [0.15, 0.2) is 23.4 Å². The van der Waals surface area contributed by atoms with Crippen molar-refractivity contribution >= 4 is 15.7 Å². The van der Waals surface area contributed by atoms with E-state index in [-0.39, 0.29) is 11.1 Å². The lowest BCUT2D eigenvalue weighted by Gasteiger charge is -2.31. The molecule has 0 saturated carbocycles. The molecule has 7 heteroatoms. The molecule has 1 aromatic heterocycles. The lowest BCUT2D eigenvalue weighted by molar-refractivity contribution is 0.0290. The van der Waals surface area contributed by atoms with Crippen LogP contribution in [0, 0.1) is 0 Å². The third kappa shape index (κ3) is 3.72. The molecule has 1 aliphatic rings. The standard InChI is InChI=1S/C14H23N3O3S/c1-3-15-13-6-5-9-16-14(13)21(18,19)17-10-7-12(8-11-17)20-4-2/h5-6,9,12,15H,3-4,7-8,10-11H2,1-2H3. The average Bonchev–Trinajstić information content (AvgIpc) is 2.49. The zero-order valence-corrected chi connectivity index (χ0v) is 13.4. The summed E-state index contributed by atoms with van der Waals surface area (Å²) in [5.74, 6) is 0. The number of piperidine rings is 1. The Balaban J connectivity index is 2.16. The zero-order chi connectivity index (χ0) is 15.3. The van der Waals surface area contributed by atoms with E-state index in [1.54, 1.807) is 12.1 Å². The van der Waals surface area contributed by atoms with Crippen LogP contribution in [0.1, 0.15) is 26.7 Å². The van der Waals surface area contributed by atoms with Crippen molar-refractivity contribution in [2.24, 2.45) is 0 Å². The van der Waals surface area contributed by atoms with Crippen LogP contribution in [0.4, 0.5) is 5.69 Å². The lowest BCUT2D eigenvalue weighted by Crippen LogP contribution is -2.41. The van der Waals surface area contributed by atoms with Crippen LogP contribution in [0.25, 0.3) is 0 Å². The Hall–Kier alpha value is -1.18. The van der Waals surface area contributed by atoms with Gasteiger partial charge < -0.3 is 10.1 Å². The molecule has 2 rings (SSSR count). The maximum absolute atomic E-state index is 12.7. The summed E-state index contributed by atoms with van der Waals surface area (Å²) in [7, 11) is -3.55. The molecule has 0 radical (unpaired) electrons. The Morgan fingerprint density at radius 2 is 2.10 bits per heavy atom. The number of hydrogen-bond donors (Lipinski definition) is 1. The highest BCUT2D eigenvalue weighted by molar-refractivity contribution is 7.89. The van der Waals surface area contributed by atoms with Crippen LogP contribution in [-0.4, -0.2) is 50.1 Å². The van der Waals surface area contributed by atoms with Gasteiger partial charge in [0.2, 0.25) is 0 Å². The van der Waals surface area contributed by atoms with E-state index in [4.69, 9.17) is 4.74 Å². The van der Waals surface area contributed by atoms with E-state index in [2.05, 4.69) is 10.3 Å². The van der Waals surface area contributed by atoms with Crippen molar-refractivity contribution in [3.63, 3.8) is 0 Å². The number of sulfonamides is 1. The van der Waals surface area contributed by atoms with Crippen LogP contribution in [0.5, 0.6) is 0 Å². The first-order chi connectivity index (χ1) is 10.1. The minimum absolute atomic E-state index is 0.113. The molecule has 118 valence electrons. The summed E-state index contributed by atoms with van der Waals surface area (Å²) in [5, 5.41) is 3.17. The Kier molecular flexibility index (Phi) is 5.55. The third-order valence-corrected chi connectivity index (χ3v) is 5.38. The molecule has 0 atom stereocenters. The molecule has 21 heavy (non-hydrogen) atoms. The summed E-state index contributed by atoms with van der Waals surface area (Å²) >= 11 is 0. The first-order valence-corrected chi connectivity index (χ1v) is 8.84. The first kappa shape index (κ1) is 16.2. The van der Waals surface area contributed by atoms with E-state index in [9.17, 15) is 8.42 Å². The molecule has 0 aromatic carbocycles. The zero-order valence-electron chi connectivity index (χ0n) is 12.6. The van der Waals surface area contributed by atoms with Crippen LogP contribution < -0.4 is 5.32 Å². The molecule has 2 heterocycles. The first-order valence-electron chi connectivity index (χ1n) is 7.40. The van der Waals surface area contributed by atoms with E-state index in [0.717, 1.165) is 12.8 Å². The Labute approximate surface area is 126 Å².